The zero-order chi connectivity index (χ0) is 21.2. The lowest BCUT2D eigenvalue weighted by Crippen LogP contribution is -2.59. The Bertz CT molecular complexity index is 679. The van der Waals surface area contributed by atoms with Gasteiger partial charge in [0, 0.05) is 29.5 Å². The molecular formula is C26H44N2O. The average Bonchev–Trinajstić information content (AvgIpc) is 2.98. The van der Waals surface area contributed by atoms with E-state index in [0.717, 1.165) is 30.3 Å². The van der Waals surface area contributed by atoms with Gasteiger partial charge in [-0.2, -0.15) is 0 Å². The Morgan fingerprint density at radius 1 is 1.10 bits per heavy atom. The Labute approximate surface area is 179 Å². The molecule has 1 N–H and O–H groups in total. The Kier molecular flexibility index (Phi) is 5.25. The summed E-state index contributed by atoms with van der Waals surface area (Å²) in [7, 11) is 2.32. The molecule has 4 rings (SSSR count). The fraction of sp³-hybridized carbons (Fsp3) is 0.885. The molecular weight excluding hydrogens is 356 g/mol. The molecule has 164 valence electrons. The number of amides is 1. The van der Waals surface area contributed by atoms with E-state index >= 15 is 0 Å². The molecule has 8 atom stereocenters. The molecule has 1 heterocycles. The number of carbonyl (C=O) groups excluding carboxylic acids is 1. The highest BCUT2D eigenvalue weighted by Gasteiger charge is 2.60. The zero-order valence-corrected chi connectivity index (χ0v) is 19.9. The highest BCUT2D eigenvalue weighted by atomic mass is 16.2. The molecule has 3 aliphatic carbocycles. The van der Waals surface area contributed by atoms with Gasteiger partial charge in [-0.1, -0.05) is 46.8 Å². The van der Waals surface area contributed by atoms with E-state index in [-0.39, 0.29) is 17.4 Å². The lowest BCUT2D eigenvalue weighted by molar-refractivity contribution is -0.130. The summed E-state index contributed by atoms with van der Waals surface area (Å²) in [5.74, 6) is 3.35. The van der Waals surface area contributed by atoms with Gasteiger partial charge in [-0.3, -0.25) is 9.69 Å². The third-order valence-electron chi connectivity index (χ3n) is 9.85. The van der Waals surface area contributed by atoms with Crippen molar-refractivity contribution in [2.45, 2.75) is 92.2 Å². The molecule has 3 nitrogen and oxygen atoms in total. The Hall–Kier alpha value is -0.830. The summed E-state index contributed by atoms with van der Waals surface area (Å²) in [6.45, 7) is 14.6. The second-order valence-corrected chi connectivity index (χ2v) is 12.4. The van der Waals surface area contributed by atoms with Gasteiger partial charge in [0.25, 0.3) is 0 Å². The van der Waals surface area contributed by atoms with Crippen LogP contribution in [-0.2, 0) is 4.79 Å². The third kappa shape index (κ3) is 3.30. The summed E-state index contributed by atoms with van der Waals surface area (Å²) in [6, 6.07) is 1.00. The van der Waals surface area contributed by atoms with E-state index in [0.29, 0.717) is 16.7 Å². The van der Waals surface area contributed by atoms with Crippen molar-refractivity contribution in [1.82, 2.24) is 10.2 Å². The molecule has 1 amide bonds. The summed E-state index contributed by atoms with van der Waals surface area (Å²) in [4.78, 5) is 15.2. The summed E-state index contributed by atoms with van der Waals surface area (Å²) in [6.07, 6.45) is 13.1. The predicted octanol–water partition coefficient (Wildman–Crippen LogP) is 5.27. The molecule has 0 aromatic carbocycles. The minimum Gasteiger partial charge on any atom is -0.353 e. The molecule has 3 heteroatoms. The Balaban J connectivity index is 1.54. The van der Waals surface area contributed by atoms with E-state index in [1.54, 1.807) is 0 Å². The normalized spacial score (nSPS) is 45.8. The Morgan fingerprint density at radius 3 is 2.52 bits per heavy atom. The molecule has 0 saturated heterocycles. The molecule has 29 heavy (non-hydrogen) atoms. The number of carbonyl (C=O) groups is 1. The number of rotatable bonds is 2. The van der Waals surface area contributed by atoms with E-state index < -0.39 is 0 Å². The van der Waals surface area contributed by atoms with Crippen molar-refractivity contribution in [3.05, 3.63) is 12.2 Å². The van der Waals surface area contributed by atoms with Gasteiger partial charge in [-0.15, -0.1) is 0 Å². The first-order chi connectivity index (χ1) is 13.5. The fourth-order valence-corrected chi connectivity index (χ4v) is 8.29. The molecule has 1 aliphatic heterocycles. The largest absolute Gasteiger partial charge is 0.353 e. The van der Waals surface area contributed by atoms with Crippen molar-refractivity contribution in [2.75, 3.05) is 13.6 Å². The molecule has 3 saturated carbocycles. The lowest BCUT2D eigenvalue weighted by atomic mass is 9.47. The van der Waals surface area contributed by atoms with Crippen LogP contribution in [0.1, 0.15) is 80.1 Å². The topological polar surface area (TPSA) is 32.3 Å². The standard InChI is InChI=1S/C26H44N2O/c1-17(27-23(29)24(2,3)4)19-10-11-20-18-9-12-22-26(6,14-8-16-28(22)7)21(18)13-15-25(19,20)5/h8,14,17-22H,9-13,15-16H2,1-7H3,(H,27,29)/t17?,18-,19+,20-,21-,22+,25+,26+/m0/s1. The molecule has 1 unspecified atom stereocenters. The summed E-state index contributed by atoms with van der Waals surface area (Å²) in [5, 5.41) is 3.39. The minimum absolute atomic E-state index is 0.203. The first-order valence-corrected chi connectivity index (χ1v) is 12.2. The second kappa shape index (κ2) is 7.11. The molecule has 0 aromatic heterocycles. The number of likely N-dealkylation sites (N-methyl/N-ethyl adjacent to an activating group) is 1. The van der Waals surface area contributed by atoms with Crippen molar-refractivity contribution in [2.24, 2.45) is 39.9 Å². The summed E-state index contributed by atoms with van der Waals surface area (Å²) < 4.78 is 0. The van der Waals surface area contributed by atoms with Gasteiger partial charge in [0.15, 0.2) is 0 Å². The van der Waals surface area contributed by atoms with Crippen LogP contribution in [-0.4, -0.2) is 36.5 Å². The molecule has 3 fully saturated rings. The summed E-state index contributed by atoms with van der Waals surface area (Å²) in [5.41, 5.74) is 0.428. The highest BCUT2D eigenvalue weighted by molar-refractivity contribution is 5.81. The molecule has 0 aromatic rings. The fourth-order valence-electron chi connectivity index (χ4n) is 8.29. The van der Waals surface area contributed by atoms with Crippen molar-refractivity contribution in [3.8, 4) is 0 Å². The SMILES string of the molecule is CC(NC(=O)C(C)(C)C)[C@H]1CC[C@H]2[C@@H]3CC[C@H]4N(C)CC=C[C@]4(C)[C@H]3CC[C@]12C. The number of hydrogen-bond acceptors (Lipinski definition) is 2. The maximum atomic E-state index is 12.6. The van der Waals surface area contributed by atoms with Crippen molar-refractivity contribution in [3.63, 3.8) is 0 Å². The smallest absolute Gasteiger partial charge is 0.225 e. The van der Waals surface area contributed by atoms with Gasteiger partial charge < -0.3 is 5.32 Å². The van der Waals surface area contributed by atoms with Crippen molar-refractivity contribution >= 4 is 5.91 Å². The van der Waals surface area contributed by atoms with Crippen LogP contribution >= 0.6 is 0 Å². The maximum absolute atomic E-state index is 12.6. The first kappa shape index (κ1) is 21.4. The zero-order valence-electron chi connectivity index (χ0n) is 19.9. The maximum Gasteiger partial charge on any atom is 0.225 e. The van der Waals surface area contributed by atoms with Crippen LogP contribution in [0, 0.1) is 39.9 Å². The Morgan fingerprint density at radius 2 is 1.83 bits per heavy atom. The van der Waals surface area contributed by atoms with Crippen LogP contribution in [0.4, 0.5) is 0 Å². The van der Waals surface area contributed by atoms with Crippen LogP contribution in [0.3, 0.4) is 0 Å². The van der Waals surface area contributed by atoms with Crippen LogP contribution in [0.2, 0.25) is 0 Å². The number of fused-ring (bicyclic) bond motifs is 5. The van der Waals surface area contributed by atoms with Gasteiger partial charge in [-0.25, -0.2) is 0 Å². The van der Waals surface area contributed by atoms with Gasteiger partial charge >= 0.3 is 0 Å². The van der Waals surface area contributed by atoms with E-state index in [1.165, 1.54) is 38.5 Å². The van der Waals surface area contributed by atoms with Gasteiger partial charge in [-0.05, 0) is 81.6 Å². The average molecular weight is 401 g/mol. The van der Waals surface area contributed by atoms with Crippen LogP contribution in [0.25, 0.3) is 0 Å². The van der Waals surface area contributed by atoms with Crippen LogP contribution < -0.4 is 5.32 Å². The number of hydrogen-bond donors (Lipinski definition) is 1. The number of nitrogens with zero attached hydrogens (tertiary/aromatic N) is 1. The third-order valence-corrected chi connectivity index (χ3v) is 9.85. The van der Waals surface area contributed by atoms with Crippen LogP contribution in [0.15, 0.2) is 12.2 Å². The van der Waals surface area contributed by atoms with Crippen LogP contribution in [0.5, 0.6) is 0 Å². The highest BCUT2D eigenvalue weighted by Crippen LogP contribution is 2.65. The molecule has 0 bridgehead atoms. The van der Waals surface area contributed by atoms with E-state index in [2.05, 4.69) is 50.2 Å². The van der Waals surface area contributed by atoms with E-state index in [4.69, 9.17) is 0 Å². The van der Waals surface area contributed by atoms with Crippen molar-refractivity contribution in [1.29, 1.82) is 0 Å². The van der Waals surface area contributed by atoms with Gasteiger partial charge in [0.2, 0.25) is 5.91 Å². The molecule has 0 spiro atoms. The summed E-state index contributed by atoms with van der Waals surface area (Å²) >= 11 is 0. The minimum atomic E-state index is -0.308. The van der Waals surface area contributed by atoms with Crippen molar-refractivity contribution < 1.29 is 4.79 Å². The van der Waals surface area contributed by atoms with Gasteiger partial charge in [0.1, 0.15) is 0 Å². The predicted molar refractivity (Wildman–Crippen MR) is 120 cm³/mol. The van der Waals surface area contributed by atoms with E-state index in [9.17, 15) is 4.79 Å². The van der Waals surface area contributed by atoms with E-state index in [1.807, 2.05) is 20.8 Å². The first-order valence-electron chi connectivity index (χ1n) is 12.2. The second-order valence-electron chi connectivity index (χ2n) is 12.4. The quantitative estimate of drug-likeness (QED) is 0.641. The molecule has 4 aliphatic rings. The van der Waals surface area contributed by atoms with Gasteiger partial charge in [0.05, 0.1) is 0 Å². The monoisotopic (exact) mass is 400 g/mol. The molecule has 0 radical (unpaired) electrons. The number of nitrogens with one attached hydrogen (secondary N) is 1. The lowest BCUT2D eigenvalue weighted by Gasteiger charge is -2.60.